The van der Waals surface area contributed by atoms with Crippen LogP contribution in [0, 0.1) is 0 Å². The van der Waals surface area contributed by atoms with Gasteiger partial charge in [0.05, 0.1) is 0 Å². The average molecular weight is 348 g/mol. The summed E-state index contributed by atoms with van der Waals surface area (Å²) >= 11 is 0. The van der Waals surface area contributed by atoms with E-state index in [2.05, 4.69) is 88.0 Å². The lowest BCUT2D eigenvalue weighted by Gasteiger charge is -2.33. The molecule has 0 amide bonds. The van der Waals surface area contributed by atoms with Gasteiger partial charge in [0.2, 0.25) is 0 Å². The molecule has 4 rings (SSSR count). The van der Waals surface area contributed by atoms with Gasteiger partial charge in [-0.1, -0.05) is 48.6 Å². The molecule has 1 fully saturated rings. The second-order valence-electron chi connectivity index (χ2n) is 7.15. The van der Waals surface area contributed by atoms with Gasteiger partial charge in [-0.25, -0.2) is 5.01 Å². The lowest BCUT2D eigenvalue weighted by Crippen LogP contribution is -2.51. The van der Waals surface area contributed by atoms with Crippen molar-refractivity contribution in [2.75, 3.05) is 51.2 Å². The van der Waals surface area contributed by atoms with E-state index in [9.17, 15) is 0 Å². The normalized spacial score (nSPS) is 17.7. The van der Waals surface area contributed by atoms with Crippen molar-refractivity contribution in [3.8, 4) is 0 Å². The maximum atomic E-state index is 3.61. The van der Waals surface area contributed by atoms with Crippen LogP contribution >= 0.6 is 0 Å². The Balaban J connectivity index is 1.43. The molecule has 0 atom stereocenters. The van der Waals surface area contributed by atoms with Crippen LogP contribution in [0.2, 0.25) is 0 Å². The first kappa shape index (κ1) is 17.3. The Bertz CT molecular complexity index is 713. The highest BCUT2D eigenvalue weighted by Gasteiger charge is 2.17. The van der Waals surface area contributed by atoms with E-state index in [1.165, 1.54) is 22.5 Å². The van der Waals surface area contributed by atoms with Gasteiger partial charge in [0.1, 0.15) is 0 Å². The number of hydrazine groups is 1. The molecule has 1 N–H and O–H groups in total. The molecule has 2 aliphatic rings. The lowest BCUT2D eigenvalue weighted by molar-refractivity contribution is 0.105. The molecule has 2 aromatic carbocycles. The van der Waals surface area contributed by atoms with E-state index >= 15 is 0 Å². The zero-order valence-corrected chi connectivity index (χ0v) is 15.6. The van der Waals surface area contributed by atoms with Crippen molar-refractivity contribution in [3.63, 3.8) is 0 Å². The quantitative estimate of drug-likeness (QED) is 0.836. The van der Waals surface area contributed by atoms with Crippen molar-refractivity contribution in [2.24, 2.45) is 0 Å². The first-order chi connectivity index (χ1) is 12.8. The van der Waals surface area contributed by atoms with Crippen LogP contribution in [0.15, 0.2) is 48.5 Å². The standard InChI is InChI=1S/C22H28N4/c1-24-15-17-25(18-16-24)23-13-6-14-26-21-9-4-2-7-19(21)11-12-20-8-3-5-10-22(20)26/h2-5,7-12,23H,6,13-18H2,1H3. The maximum Gasteiger partial charge on any atom is 0.0484 e. The zero-order chi connectivity index (χ0) is 17.8. The molecule has 4 nitrogen and oxygen atoms in total. The van der Waals surface area contributed by atoms with Crippen LogP contribution in [0.3, 0.4) is 0 Å². The van der Waals surface area contributed by atoms with Gasteiger partial charge >= 0.3 is 0 Å². The highest BCUT2D eigenvalue weighted by Crippen LogP contribution is 2.35. The molecule has 136 valence electrons. The van der Waals surface area contributed by atoms with E-state index in [4.69, 9.17) is 0 Å². The first-order valence-electron chi connectivity index (χ1n) is 9.62. The number of nitrogens with zero attached hydrogens (tertiary/aromatic N) is 3. The Hall–Kier alpha value is -2.14. The molecule has 0 bridgehead atoms. The molecule has 4 heteroatoms. The Morgan fingerprint density at radius 1 is 0.808 bits per heavy atom. The lowest BCUT2D eigenvalue weighted by atomic mass is 10.1. The van der Waals surface area contributed by atoms with Gasteiger partial charge in [0, 0.05) is 50.6 Å². The van der Waals surface area contributed by atoms with Gasteiger partial charge in [-0.15, -0.1) is 0 Å². The number of para-hydroxylation sites is 2. The third-order valence-electron chi connectivity index (χ3n) is 5.29. The Kier molecular flexibility index (Phi) is 5.34. The number of rotatable bonds is 5. The summed E-state index contributed by atoms with van der Waals surface area (Å²) in [7, 11) is 2.19. The topological polar surface area (TPSA) is 21.8 Å². The smallest absolute Gasteiger partial charge is 0.0484 e. The zero-order valence-electron chi connectivity index (χ0n) is 15.6. The predicted octanol–water partition coefficient (Wildman–Crippen LogP) is 3.45. The summed E-state index contributed by atoms with van der Waals surface area (Å²) in [6.45, 7) is 6.52. The molecular formula is C22H28N4. The molecule has 1 saturated heterocycles. The van der Waals surface area contributed by atoms with E-state index < -0.39 is 0 Å². The minimum Gasteiger partial charge on any atom is -0.340 e. The fourth-order valence-electron chi connectivity index (χ4n) is 3.74. The van der Waals surface area contributed by atoms with E-state index in [1.807, 2.05) is 0 Å². The van der Waals surface area contributed by atoms with Crippen LogP contribution in [0.25, 0.3) is 12.2 Å². The number of piperazine rings is 1. The molecule has 0 aromatic heterocycles. The number of hydrogen-bond acceptors (Lipinski definition) is 4. The molecule has 0 spiro atoms. The van der Waals surface area contributed by atoms with Crippen molar-refractivity contribution in [1.82, 2.24) is 15.3 Å². The van der Waals surface area contributed by atoms with Crippen LogP contribution in [0.4, 0.5) is 11.4 Å². The summed E-state index contributed by atoms with van der Waals surface area (Å²) in [6, 6.07) is 17.4. The second-order valence-corrected chi connectivity index (χ2v) is 7.15. The summed E-state index contributed by atoms with van der Waals surface area (Å²) in [5.74, 6) is 0. The SMILES string of the molecule is CN1CCN(NCCCN2c3ccccc3C=Cc3ccccc32)CC1. The van der Waals surface area contributed by atoms with E-state index in [1.54, 1.807) is 0 Å². The summed E-state index contributed by atoms with van der Waals surface area (Å²) in [5, 5.41) is 2.37. The van der Waals surface area contributed by atoms with Gasteiger partial charge < -0.3 is 9.80 Å². The fraction of sp³-hybridized carbons (Fsp3) is 0.364. The second kappa shape index (κ2) is 8.04. The molecule has 0 saturated carbocycles. The third-order valence-corrected chi connectivity index (χ3v) is 5.29. The monoisotopic (exact) mass is 348 g/mol. The number of anilines is 2. The van der Waals surface area contributed by atoms with Crippen LogP contribution in [0.1, 0.15) is 17.5 Å². The summed E-state index contributed by atoms with van der Waals surface area (Å²) in [4.78, 5) is 4.85. The van der Waals surface area contributed by atoms with Crippen molar-refractivity contribution < 1.29 is 0 Å². The van der Waals surface area contributed by atoms with Crippen LogP contribution in [-0.4, -0.2) is 56.2 Å². The van der Waals surface area contributed by atoms with Crippen molar-refractivity contribution in [3.05, 3.63) is 59.7 Å². The van der Waals surface area contributed by atoms with Gasteiger partial charge in [-0.05, 0) is 36.7 Å². The van der Waals surface area contributed by atoms with Crippen LogP contribution < -0.4 is 10.3 Å². The summed E-state index contributed by atoms with van der Waals surface area (Å²) in [6.07, 6.45) is 5.57. The number of nitrogens with one attached hydrogen (secondary N) is 1. The molecular weight excluding hydrogens is 320 g/mol. The maximum absolute atomic E-state index is 3.61. The third kappa shape index (κ3) is 3.83. The van der Waals surface area contributed by atoms with Crippen molar-refractivity contribution in [1.29, 1.82) is 0 Å². The van der Waals surface area contributed by atoms with Crippen LogP contribution in [0.5, 0.6) is 0 Å². The van der Waals surface area contributed by atoms with Crippen LogP contribution in [-0.2, 0) is 0 Å². The molecule has 0 aliphatic carbocycles. The number of fused-ring (bicyclic) bond motifs is 2. The minimum atomic E-state index is 1.01. The Morgan fingerprint density at radius 2 is 1.38 bits per heavy atom. The first-order valence-corrected chi connectivity index (χ1v) is 9.62. The van der Waals surface area contributed by atoms with E-state index in [0.29, 0.717) is 0 Å². The fourth-order valence-corrected chi connectivity index (χ4v) is 3.74. The minimum absolute atomic E-state index is 1.01. The molecule has 0 unspecified atom stereocenters. The Labute approximate surface area is 156 Å². The average Bonchev–Trinajstić information content (AvgIpc) is 2.84. The van der Waals surface area contributed by atoms with E-state index in [-0.39, 0.29) is 0 Å². The van der Waals surface area contributed by atoms with Crippen molar-refractivity contribution >= 4 is 23.5 Å². The predicted molar refractivity (Wildman–Crippen MR) is 111 cm³/mol. The van der Waals surface area contributed by atoms with Crippen molar-refractivity contribution in [2.45, 2.75) is 6.42 Å². The number of hydrogen-bond donors (Lipinski definition) is 1. The van der Waals surface area contributed by atoms with E-state index in [0.717, 1.165) is 45.7 Å². The molecule has 2 heterocycles. The molecule has 26 heavy (non-hydrogen) atoms. The Morgan fingerprint density at radius 3 is 2.00 bits per heavy atom. The van der Waals surface area contributed by atoms with Gasteiger partial charge in [-0.2, -0.15) is 0 Å². The number of benzene rings is 2. The molecule has 2 aromatic rings. The summed E-state index contributed by atoms with van der Waals surface area (Å²) in [5.41, 5.74) is 8.78. The summed E-state index contributed by atoms with van der Waals surface area (Å²) < 4.78 is 0. The van der Waals surface area contributed by atoms with Gasteiger partial charge in [0.15, 0.2) is 0 Å². The highest BCUT2D eigenvalue weighted by molar-refractivity contribution is 5.88. The highest BCUT2D eigenvalue weighted by atomic mass is 15.5. The number of likely N-dealkylation sites (N-methyl/N-ethyl adjacent to an activating group) is 1. The molecule has 0 radical (unpaired) electrons. The van der Waals surface area contributed by atoms with Gasteiger partial charge in [-0.3, -0.25) is 5.43 Å². The van der Waals surface area contributed by atoms with Gasteiger partial charge in [0.25, 0.3) is 0 Å². The molecule has 2 aliphatic heterocycles. The largest absolute Gasteiger partial charge is 0.340 e.